The molecular weight excluding hydrogens is 468 g/mol. The second kappa shape index (κ2) is 9.60. The molecule has 1 fully saturated rings. The molecule has 2 aromatic carbocycles. The van der Waals surface area contributed by atoms with Crippen LogP contribution >= 0.6 is 0 Å². The van der Waals surface area contributed by atoms with Crippen molar-refractivity contribution in [2.75, 3.05) is 20.8 Å². The van der Waals surface area contributed by atoms with Gasteiger partial charge in [0.05, 0.1) is 20.8 Å². The van der Waals surface area contributed by atoms with Crippen molar-refractivity contribution in [1.82, 2.24) is 0 Å². The van der Waals surface area contributed by atoms with Gasteiger partial charge in [-0.25, -0.2) is 0 Å². The number of hydrogen-bond acceptors (Lipinski definition) is 12. The summed E-state index contributed by atoms with van der Waals surface area (Å²) in [5.74, 6) is -0.819. The van der Waals surface area contributed by atoms with Crippen LogP contribution in [0, 0.1) is 0 Å². The number of aliphatic hydroxyl groups is 4. The maximum atomic E-state index is 12.9. The summed E-state index contributed by atoms with van der Waals surface area (Å²) in [5, 5.41) is 60.0. The zero-order valence-corrected chi connectivity index (χ0v) is 18.6. The van der Waals surface area contributed by atoms with Gasteiger partial charge in [-0.3, -0.25) is 4.79 Å². The van der Waals surface area contributed by atoms with Gasteiger partial charge in [0.25, 0.3) is 0 Å². The van der Waals surface area contributed by atoms with E-state index in [1.807, 2.05) is 0 Å². The lowest BCUT2D eigenvalue weighted by Gasteiger charge is -2.39. The predicted molar refractivity (Wildman–Crippen MR) is 119 cm³/mol. The summed E-state index contributed by atoms with van der Waals surface area (Å²) in [4.78, 5) is 12.9. The van der Waals surface area contributed by atoms with Gasteiger partial charge in [-0.2, -0.15) is 0 Å². The highest BCUT2D eigenvalue weighted by atomic mass is 16.7. The Labute approximate surface area is 197 Å². The Morgan fingerprint density at radius 1 is 0.914 bits per heavy atom. The number of methoxy groups -OCH3 is 2. The average Bonchev–Trinajstić information content (AvgIpc) is 2.85. The normalized spacial score (nSPS) is 24.3. The van der Waals surface area contributed by atoms with E-state index >= 15 is 0 Å². The molecule has 35 heavy (non-hydrogen) atoms. The Hall–Kier alpha value is -3.55. The highest BCUT2D eigenvalue weighted by Gasteiger charge is 2.45. The molecule has 188 valence electrons. The van der Waals surface area contributed by atoms with Crippen LogP contribution in [0.15, 0.2) is 39.5 Å². The van der Waals surface area contributed by atoms with Crippen LogP contribution in [0.4, 0.5) is 0 Å². The van der Waals surface area contributed by atoms with E-state index in [0.29, 0.717) is 5.56 Å². The van der Waals surface area contributed by atoms with Crippen molar-refractivity contribution in [3.05, 3.63) is 40.6 Å². The molecule has 6 N–H and O–H groups in total. The summed E-state index contributed by atoms with van der Waals surface area (Å²) in [6, 6.07) is 6.46. The lowest BCUT2D eigenvalue weighted by atomic mass is 9.99. The van der Waals surface area contributed by atoms with E-state index in [0.717, 1.165) is 12.1 Å². The molecule has 0 bridgehead atoms. The number of phenolic OH excluding ortho intramolecular Hbond substituents is 2. The molecule has 0 saturated carbocycles. The minimum atomic E-state index is -1.75. The number of fused-ring (bicyclic) bond motifs is 1. The Morgan fingerprint density at radius 3 is 2.29 bits per heavy atom. The van der Waals surface area contributed by atoms with Crippen LogP contribution < -0.4 is 19.6 Å². The Balaban J connectivity index is 1.88. The molecule has 12 nitrogen and oxygen atoms in total. The number of benzene rings is 2. The minimum Gasteiger partial charge on any atom is -0.507 e. The number of phenols is 2. The number of rotatable bonds is 6. The lowest BCUT2D eigenvalue weighted by molar-refractivity contribution is -0.277. The molecule has 2 heterocycles. The first-order valence-electron chi connectivity index (χ1n) is 10.4. The molecule has 1 aliphatic heterocycles. The van der Waals surface area contributed by atoms with Crippen LogP contribution in [-0.2, 0) is 4.74 Å². The average molecular weight is 492 g/mol. The van der Waals surface area contributed by atoms with Crippen molar-refractivity contribution in [1.29, 1.82) is 0 Å². The first kappa shape index (κ1) is 24.6. The number of aromatic hydroxyl groups is 2. The highest BCUT2D eigenvalue weighted by Crippen LogP contribution is 2.43. The molecule has 3 aromatic rings. The maximum absolute atomic E-state index is 12.9. The molecule has 1 aliphatic rings. The van der Waals surface area contributed by atoms with Crippen molar-refractivity contribution < 1.29 is 54.0 Å². The summed E-state index contributed by atoms with van der Waals surface area (Å²) in [7, 11) is 2.61. The van der Waals surface area contributed by atoms with Gasteiger partial charge in [0.15, 0.2) is 28.3 Å². The summed E-state index contributed by atoms with van der Waals surface area (Å²) in [6.45, 7) is -0.680. The molecule has 5 atom stereocenters. The topological polar surface area (TPSA) is 189 Å². The highest BCUT2D eigenvalue weighted by molar-refractivity contribution is 5.91. The molecule has 0 radical (unpaired) electrons. The minimum absolute atomic E-state index is 0.0205. The van der Waals surface area contributed by atoms with Gasteiger partial charge in [-0.05, 0) is 18.2 Å². The van der Waals surface area contributed by atoms with Crippen molar-refractivity contribution in [3.8, 4) is 40.1 Å². The van der Waals surface area contributed by atoms with Gasteiger partial charge < -0.3 is 54.0 Å². The van der Waals surface area contributed by atoms with Gasteiger partial charge in [0.1, 0.15) is 41.3 Å². The molecule has 0 spiro atoms. The quantitative estimate of drug-likeness (QED) is 0.272. The van der Waals surface area contributed by atoms with E-state index < -0.39 is 48.5 Å². The molecule has 0 aliphatic carbocycles. The smallest absolute Gasteiger partial charge is 0.229 e. The van der Waals surface area contributed by atoms with E-state index in [9.17, 15) is 35.4 Å². The monoisotopic (exact) mass is 492 g/mol. The maximum Gasteiger partial charge on any atom is 0.229 e. The molecule has 1 aromatic heterocycles. The van der Waals surface area contributed by atoms with E-state index in [4.69, 9.17) is 23.4 Å². The second-order valence-electron chi connectivity index (χ2n) is 7.81. The van der Waals surface area contributed by atoms with Crippen LogP contribution in [-0.4, -0.2) is 82.2 Å². The van der Waals surface area contributed by atoms with Gasteiger partial charge in [-0.15, -0.1) is 0 Å². The molecular formula is C23H24O12. The number of aliphatic hydroxyl groups excluding tert-OH is 4. The van der Waals surface area contributed by atoms with Crippen molar-refractivity contribution >= 4 is 11.0 Å². The fraction of sp³-hybridized carbons (Fsp3) is 0.348. The van der Waals surface area contributed by atoms with E-state index in [1.54, 1.807) is 0 Å². The second-order valence-corrected chi connectivity index (χ2v) is 7.81. The Morgan fingerprint density at radius 2 is 1.63 bits per heavy atom. The van der Waals surface area contributed by atoms with Crippen LogP contribution in [0.1, 0.15) is 0 Å². The van der Waals surface area contributed by atoms with Crippen molar-refractivity contribution in [2.24, 2.45) is 0 Å². The van der Waals surface area contributed by atoms with Gasteiger partial charge in [-0.1, -0.05) is 0 Å². The van der Waals surface area contributed by atoms with Crippen LogP contribution in [0.2, 0.25) is 0 Å². The summed E-state index contributed by atoms with van der Waals surface area (Å²) < 4.78 is 27.4. The summed E-state index contributed by atoms with van der Waals surface area (Å²) >= 11 is 0. The molecule has 5 unspecified atom stereocenters. The lowest BCUT2D eigenvalue weighted by Crippen LogP contribution is -2.60. The molecule has 4 rings (SSSR count). The van der Waals surface area contributed by atoms with Gasteiger partial charge in [0, 0.05) is 17.7 Å². The van der Waals surface area contributed by atoms with Crippen LogP contribution in [0.3, 0.4) is 0 Å². The van der Waals surface area contributed by atoms with E-state index in [2.05, 4.69) is 0 Å². The van der Waals surface area contributed by atoms with Gasteiger partial charge in [0.2, 0.25) is 12.0 Å². The third kappa shape index (κ3) is 4.33. The molecule has 0 amide bonds. The molecule has 1 saturated heterocycles. The Bertz CT molecular complexity index is 1280. The fourth-order valence-corrected chi connectivity index (χ4v) is 3.79. The fourth-order valence-electron chi connectivity index (χ4n) is 3.79. The largest absolute Gasteiger partial charge is 0.507 e. The SMILES string of the molecule is COc1cc(-c2cc(=O)c3c(O)cc(OC)c(OC4OC(CO)C(O)C(O)C4O)c3o2)ccc1O. The third-order valence-electron chi connectivity index (χ3n) is 5.67. The predicted octanol–water partition coefficient (Wildman–Crippen LogP) is 0.0671. The van der Waals surface area contributed by atoms with Crippen LogP contribution in [0.5, 0.6) is 28.7 Å². The van der Waals surface area contributed by atoms with Gasteiger partial charge >= 0.3 is 0 Å². The first-order valence-corrected chi connectivity index (χ1v) is 10.4. The summed E-state index contributed by atoms with van der Waals surface area (Å²) in [6.07, 6.45) is -7.94. The van der Waals surface area contributed by atoms with Crippen molar-refractivity contribution in [2.45, 2.75) is 30.7 Å². The van der Waals surface area contributed by atoms with Crippen LogP contribution in [0.25, 0.3) is 22.3 Å². The summed E-state index contributed by atoms with van der Waals surface area (Å²) in [5.41, 5.74) is -0.569. The standard InChI is InChI=1S/C23H24O12/c1-31-14-5-9(3-4-10(14)25)13-6-11(26)17-12(27)7-15(32-2)21(22(17)33-13)35-23-20(30)19(29)18(28)16(8-24)34-23/h3-7,16,18-20,23-25,27-30H,8H2,1-2H3. The van der Waals surface area contributed by atoms with Crippen molar-refractivity contribution in [3.63, 3.8) is 0 Å². The first-order chi connectivity index (χ1) is 16.7. The number of ether oxygens (including phenoxy) is 4. The molecule has 12 heteroatoms. The third-order valence-corrected chi connectivity index (χ3v) is 5.67. The zero-order valence-electron chi connectivity index (χ0n) is 18.6. The van der Waals surface area contributed by atoms with E-state index in [-0.39, 0.29) is 39.7 Å². The number of hydrogen-bond donors (Lipinski definition) is 6. The Kier molecular flexibility index (Phi) is 6.74. The van der Waals surface area contributed by atoms with E-state index in [1.165, 1.54) is 32.4 Å². The zero-order chi connectivity index (χ0) is 25.4.